The minimum atomic E-state index is -0.314. The first-order valence-electron chi connectivity index (χ1n) is 4.92. The Balaban J connectivity index is 2.14. The molecular weight excluding hydrogens is 203 g/mol. The highest BCUT2D eigenvalue weighted by Crippen LogP contribution is 2.10. The van der Waals surface area contributed by atoms with Crippen LogP contribution in [0.15, 0.2) is 54.6 Å². The van der Waals surface area contributed by atoms with Crippen molar-refractivity contribution in [3.63, 3.8) is 0 Å². The van der Waals surface area contributed by atoms with Crippen molar-refractivity contribution in [3.8, 4) is 0 Å². The van der Waals surface area contributed by atoms with E-state index in [0.29, 0.717) is 5.69 Å². The molecule has 2 nitrogen and oxygen atoms in total. The van der Waals surface area contributed by atoms with Gasteiger partial charge in [-0.3, -0.25) is 5.41 Å². The lowest BCUT2D eigenvalue weighted by atomic mass is 10.2. The molecule has 0 amide bonds. The van der Waals surface area contributed by atoms with E-state index in [4.69, 9.17) is 5.41 Å². The number of nitrogens with one attached hydrogen (secondary N) is 2. The Morgan fingerprint density at radius 2 is 1.75 bits per heavy atom. The molecule has 0 heterocycles. The molecule has 0 saturated carbocycles. The third kappa shape index (κ3) is 2.45. The molecule has 2 aromatic carbocycles. The standard InChI is InChI=1S/C13H11FN2/c14-11-7-4-8-12(9-11)16-13(15)10-5-2-1-3-6-10/h1-9H,(H2,15,16). The van der Waals surface area contributed by atoms with E-state index in [1.165, 1.54) is 12.1 Å². The lowest BCUT2D eigenvalue weighted by molar-refractivity contribution is 0.628. The van der Waals surface area contributed by atoms with E-state index in [-0.39, 0.29) is 11.7 Å². The van der Waals surface area contributed by atoms with Gasteiger partial charge in [0.25, 0.3) is 0 Å². The highest BCUT2D eigenvalue weighted by atomic mass is 19.1. The van der Waals surface area contributed by atoms with Gasteiger partial charge in [0.05, 0.1) is 0 Å². The average Bonchev–Trinajstić information content (AvgIpc) is 2.30. The normalized spacial score (nSPS) is 9.81. The molecular formula is C13H11FN2. The smallest absolute Gasteiger partial charge is 0.129 e. The van der Waals surface area contributed by atoms with Gasteiger partial charge in [-0.1, -0.05) is 36.4 Å². The molecule has 0 fully saturated rings. The molecule has 2 N–H and O–H groups in total. The zero-order chi connectivity index (χ0) is 11.4. The van der Waals surface area contributed by atoms with E-state index in [0.717, 1.165) is 5.56 Å². The Morgan fingerprint density at radius 1 is 1.00 bits per heavy atom. The second kappa shape index (κ2) is 4.57. The maximum atomic E-state index is 12.9. The number of amidine groups is 1. The van der Waals surface area contributed by atoms with Gasteiger partial charge < -0.3 is 5.32 Å². The number of hydrogen-bond donors (Lipinski definition) is 2. The highest BCUT2D eigenvalue weighted by molar-refractivity contribution is 6.06. The monoisotopic (exact) mass is 214 g/mol. The summed E-state index contributed by atoms with van der Waals surface area (Å²) in [5.41, 5.74) is 1.35. The third-order valence-electron chi connectivity index (χ3n) is 2.16. The van der Waals surface area contributed by atoms with E-state index in [9.17, 15) is 4.39 Å². The number of benzene rings is 2. The Kier molecular flexibility index (Phi) is 2.96. The molecule has 0 atom stereocenters. The van der Waals surface area contributed by atoms with E-state index in [1.807, 2.05) is 30.3 Å². The summed E-state index contributed by atoms with van der Waals surface area (Å²) in [4.78, 5) is 0. The number of rotatable bonds is 2. The maximum absolute atomic E-state index is 12.9. The fourth-order valence-electron chi connectivity index (χ4n) is 1.39. The van der Waals surface area contributed by atoms with Crippen LogP contribution in [0.2, 0.25) is 0 Å². The molecule has 2 aromatic rings. The minimum Gasteiger partial charge on any atom is -0.340 e. The molecule has 16 heavy (non-hydrogen) atoms. The molecule has 0 radical (unpaired) electrons. The van der Waals surface area contributed by atoms with Crippen molar-refractivity contribution in [2.24, 2.45) is 0 Å². The van der Waals surface area contributed by atoms with Crippen molar-refractivity contribution in [2.75, 3.05) is 5.32 Å². The van der Waals surface area contributed by atoms with Gasteiger partial charge >= 0.3 is 0 Å². The first-order valence-corrected chi connectivity index (χ1v) is 4.92. The summed E-state index contributed by atoms with van der Waals surface area (Å²) in [6.07, 6.45) is 0. The molecule has 0 aromatic heterocycles. The Hall–Kier alpha value is -2.16. The van der Waals surface area contributed by atoms with Crippen LogP contribution < -0.4 is 5.32 Å². The van der Waals surface area contributed by atoms with Crippen LogP contribution in [-0.4, -0.2) is 5.84 Å². The van der Waals surface area contributed by atoms with Crippen LogP contribution in [0.4, 0.5) is 10.1 Å². The zero-order valence-corrected chi connectivity index (χ0v) is 8.57. The molecule has 0 unspecified atom stereocenters. The van der Waals surface area contributed by atoms with Gasteiger partial charge in [0.15, 0.2) is 0 Å². The SMILES string of the molecule is N=C(Nc1cccc(F)c1)c1ccccc1. The van der Waals surface area contributed by atoms with Crippen LogP contribution in [0.3, 0.4) is 0 Å². The van der Waals surface area contributed by atoms with Crippen LogP contribution in [0.1, 0.15) is 5.56 Å². The molecule has 0 aliphatic heterocycles. The summed E-state index contributed by atoms with van der Waals surface area (Å²) in [5, 5.41) is 10.6. The van der Waals surface area contributed by atoms with Gasteiger partial charge in [-0.15, -0.1) is 0 Å². The summed E-state index contributed by atoms with van der Waals surface area (Å²) >= 11 is 0. The summed E-state index contributed by atoms with van der Waals surface area (Å²) in [5.74, 6) is -0.0583. The second-order valence-corrected chi connectivity index (χ2v) is 3.38. The number of hydrogen-bond acceptors (Lipinski definition) is 1. The fraction of sp³-hybridized carbons (Fsp3) is 0. The Bertz CT molecular complexity index is 494. The van der Waals surface area contributed by atoms with Crippen LogP contribution in [-0.2, 0) is 0 Å². The molecule has 0 spiro atoms. The predicted molar refractivity (Wildman–Crippen MR) is 63.3 cm³/mol. The molecule has 2 rings (SSSR count). The van der Waals surface area contributed by atoms with Gasteiger partial charge in [0, 0.05) is 11.3 Å². The maximum Gasteiger partial charge on any atom is 0.129 e. The van der Waals surface area contributed by atoms with Crippen LogP contribution in [0, 0.1) is 11.2 Å². The first-order chi connectivity index (χ1) is 7.75. The van der Waals surface area contributed by atoms with Gasteiger partial charge in [0.1, 0.15) is 11.7 Å². The van der Waals surface area contributed by atoms with Gasteiger partial charge in [-0.25, -0.2) is 4.39 Å². The average molecular weight is 214 g/mol. The van der Waals surface area contributed by atoms with Crippen molar-refractivity contribution in [2.45, 2.75) is 0 Å². The van der Waals surface area contributed by atoms with Gasteiger partial charge in [0.2, 0.25) is 0 Å². The largest absolute Gasteiger partial charge is 0.340 e. The van der Waals surface area contributed by atoms with Crippen LogP contribution in [0.5, 0.6) is 0 Å². The molecule has 80 valence electrons. The minimum absolute atomic E-state index is 0.256. The Labute approximate surface area is 93.3 Å². The summed E-state index contributed by atoms with van der Waals surface area (Å²) in [7, 11) is 0. The topological polar surface area (TPSA) is 35.9 Å². The molecule has 0 aliphatic rings. The molecule has 0 bridgehead atoms. The quantitative estimate of drug-likeness (QED) is 0.584. The summed E-state index contributed by atoms with van der Waals surface area (Å²) in [6.45, 7) is 0. The molecule has 3 heteroatoms. The van der Waals surface area contributed by atoms with Gasteiger partial charge in [-0.05, 0) is 18.2 Å². The lowest BCUT2D eigenvalue weighted by Crippen LogP contribution is -2.11. The number of halogens is 1. The van der Waals surface area contributed by atoms with Crippen LogP contribution >= 0.6 is 0 Å². The first kappa shape index (κ1) is 10.4. The van der Waals surface area contributed by atoms with Gasteiger partial charge in [-0.2, -0.15) is 0 Å². The lowest BCUT2D eigenvalue weighted by Gasteiger charge is -2.07. The second-order valence-electron chi connectivity index (χ2n) is 3.38. The van der Waals surface area contributed by atoms with Crippen molar-refractivity contribution in [3.05, 3.63) is 66.0 Å². The van der Waals surface area contributed by atoms with Crippen LogP contribution in [0.25, 0.3) is 0 Å². The summed E-state index contributed by atoms with van der Waals surface area (Å²) < 4.78 is 12.9. The van der Waals surface area contributed by atoms with Crippen molar-refractivity contribution >= 4 is 11.5 Å². The number of anilines is 1. The molecule has 0 saturated heterocycles. The Morgan fingerprint density at radius 3 is 2.44 bits per heavy atom. The van der Waals surface area contributed by atoms with Crippen molar-refractivity contribution < 1.29 is 4.39 Å². The van der Waals surface area contributed by atoms with E-state index in [1.54, 1.807) is 12.1 Å². The predicted octanol–water partition coefficient (Wildman–Crippen LogP) is 3.26. The van der Waals surface area contributed by atoms with E-state index < -0.39 is 0 Å². The van der Waals surface area contributed by atoms with E-state index >= 15 is 0 Å². The molecule has 0 aliphatic carbocycles. The third-order valence-corrected chi connectivity index (χ3v) is 2.16. The fourth-order valence-corrected chi connectivity index (χ4v) is 1.39. The van der Waals surface area contributed by atoms with E-state index in [2.05, 4.69) is 5.32 Å². The highest BCUT2D eigenvalue weighted by Gasteiger charge is 2.01. The van der Waals surface area contributed by atoms with Crippen molar-refractivity contribution in [1.29, 1.82) is 5.41 Å². The summed E-state index contributed by atoms with van der Waals surface area (Å²) in [6, 6.07) is 15.3. The van der Waals surface area contributed by atoms with Crippen molar-refractivity contribution in [1.82, 2.24) is 0 Å². The zero-order valence-electron chi connectivity index (χ0n) is 8.57.